The number of likely N-dealkylation sites (tertiary alicyclic amines) is 2. The molecular weight excluding hydrogens is 390 g/mol. The second-order valence-electron chi connectivity index (χ2n) is 10.9. The normalized spacial score (nSPS) is 25.3. The standard InChI is InChI=1S/C25H37N3O3/c1-17-13-20(24(2,3)4)19-15-22(29)28(21(19)14-17)18-7-10-27(11-8-18)25(5)9-12-26(16-25)23(30)31-6/h13-14,18H,7-12,15-16H2,1-6H3. The Morgan fingerprint density at radius 3 is 2.45 bits per heavy atom. The highest BCUT2D eigenvalue weighted by atomic mass is 16.5. The first-order valence-electron chi connectivity index (χ1n) is 11.6. The van der Waals surface area contributed by atoms with E-state index >= 15 is 0 Å². The highest BCUT2D eigenvalue weighted by molar-refractivity contribution is 6.02. The summed E-state index contributed by atoms with van der Waals surface area (Å²) in [4.78, 5) is 31.5. The molecule has 1 atom stereocenters. The van der Waals surface area contributed by atoms with E-state index in [2.05, 4.69) is 56.6 Å². The van der Waals surface area contributed by atoms with Gasteiger partial charge in [0.15, 0.2) is 0 Å². The van der Waals surface area contributed by atoms with Gasteiger partial charge in [0.1, 0.15) is 0 Å². The predicted molar refractivity (Wildman–Crippen MR) is 123 cm³/mol. The molecule has 3 heterocycles. The molecule has 4 rings (SSSR count). The first kappa shape index (κ1) is 22.1. The van der Waals surface area contributed by atoms with Gasteiger partial charge in [-0.15, -0.1) is 0 Å². The van der Waals surface area contributed by atoms with E-state index in [4.69, 9.17) is 4.74 Å². The van der Waals surface area contributed by atoms with Gasteiger partial charge in [-0.25, -0.2) is 4.79 Å². The first-order valence-corrected chi connectivity index (χ1v) is 11.6. The third kappa shape index (κ3) is 3.95. The van der Waals surface area contributed by atoms with Crippen LogP contribution < -0.4 is 4.90 Å². The molecule has 2 saturated heterocycles. The van der Waals surface area contributed by atoms with Crippen molar-refractivity contribution >= 4 is 17.7 Å². The van der Waals surface area contributed by atoms with Crippen molar-refractivity contribution in [2.24, 2.45) is 0 Å². The summed E-state index contributed by atoms with van der Waals surface area (Å²) in [5, 5.41) is 0. The Morgan fingerprint density at radius 2 is 1.84 bits per heavy atom. The molecule has 6 nitrogen and oxygen atoms in total. The molecule has 170 valence electrons. The third-order valence-electron chi connectivity index (χ3n) is 7.51. The summed E-state index contributed by atoms with van der Waals surface area (Å²) in [5.74, 6) is 0.244. The molecule has 0 N–H and O–H groups in total. The van der Waals surface area contributed by atoms with Gasteiger partial charge in [0, 0.05) is 43.4 Å². The molecule has 31 heavy (non-hydrogen) atoms. The Balaban J connectivity index is 1.49. The molecule has 3 aliphatic heterocycles. The number of hydrogen-bond donors (Lipinski definition) is 0. The molecule has 6 heteroatoms. The minimum Gasteiger partial charge on any atom is -0.453 e. The molecule has 2 amide bonds. The average molecular weight is 428 g/mol. The number of amides is 2. The summed E-state index contributed by atoms with van der Waals surface area (Å²) in [5.41, 5.74) is 4.90. The summed E-state index contributed by atoms with van der Waals surface area (Å²) >= 11 is 0. The number of benzene rings is 1. The van der Waals surface area contributed by atoms with Crippen molar-refractivity contribution in [3.05, 3.63) is 28.8 Å². The molecule has 0 aliphatic carbocycles. The number of fused-ring (bicyclic) bond motifs is 1. The quantitative estimate of drug-likeness (QED) is 0.719. The number of aryl methyl sites for hydroxylation is 1. The van der Waals surface area contributed by atoms with Crippen molar-refractivity contribution in [1.29, 1.82) is 0 Å². The highest BCUT2D eigenvalue weighted by Gasteiger charge is 2.44. The lowest BCUT2D eigenvalue weighted by Crippen LogP contribution is -2.55. The maximum atomic E-state index is 13.1. The first-order chi connectivity index (χ1) is 14.5. The molecule has 3 aliphatic rings. The maximum absolute atomic E-state index is 13.1. The van der Waals surface area contributed by atoms with Crippen molar-refractivity contribution in [2.75, 3.05) is 38.2 Å². The summed E-state index contributed by atoms with van der Waals surface area (Å²) in [6.07, 6.45) is 3.19. The van der Waals surface area contributed by atoms with Crippen LogP contribution in [0.2, 0.25) is 0 Å². The van der Waals surface area contributed by atoms with E-state index in [0.717, 1.165) is 44.6 Å². The fourth-order valence-corrected chi connectivity index (χ4v) is 5.79. The van der Waals surface area contributed by atoms with Crippen LogP contribution in [0.3, 0.4) is 0 Å². The number of methoxy groups -OCH3 is 1. The Bertz CT molecular complexity index is 883. The van der Waals surface area contributed by atoms with Crippen LogP contribution >= 0.6 is 0 Å². The van der Waals surface area contributed by atoms with Crippen LogP contribution in [-0.4, -0.2) is 66.7 Å². The fraction of sp³-hybridized carbons (Fsp3) is 0.680. The minimum absolute atomic E-state index is 0.0118. The lowest BCUT2D eigenvalue weighted by atomic mass is 9.82. The summed E-state index contributed by atoms with van der Waals surface area (Å²) < 4.78 is 4.91. The maximum Gasteiger partial charge on any atom is 0.409 e. The van der Waals surface area contributed by atoms with E-state index in [-0.39, 0.29) is 29.0 Å². The van der Waals surface area contributed by atoms with E-state index in [1.165, 1.54) is 23.8 Å². The van der Waals surface area contributed by atoms with Gasteiger partial charge < -0.3 is 14.5 Å². The second-order valence-corrected chi connectivity index (χ2v) is 10.9. The summed E-state index contributed by atoms with van der Waals surface area (Å²) in [6, 6.07) is 4.71. The molecule has 0 radical (unpaired) electrons. The number of piperidine rings is 1. The van der Waals surface area contributed by atoms with Gasteiger partial charge in [0.05, 0.1) is 13.5 Å². The zero-order chi connectivity index (χ0) is 22.6. The van der Waals surface area contributed by atoms with Gasteiger partial charge in [-0.2, -0.15) is 0 Å². The largest absolute Gasteiger partial charge is 0.453 e. The molecular formula is C25H37N3O3. The van der Waals surface area contributed by atoms with Crippen molar-refractivity contribution in [3.63, 3.8) is 0 Å². The van der Waals surface area contributed by atoms with Crippen LogP contribution in [0.5, 0.6) is 0 Å². The third-order valence-corrected chi connectivity index (χ3v) is 7.51. The molecule has 1 unspecified atom stereocenters. The Morgan fingerprint density at radius 1 is 1.16 bits per heavy atom. The van der Waals surface area contributed by atoms with Crippen molar-refractivity contribution in [2.45, 2.75) is 77.3 Å². The minimum atomic E-state index is -0.233. The fourth-order valence-electron chi connectivity index (χ4n) is 5.79. The van der Waals surface area contributed by atoms with Crippen molar-refractivity contribution in [1.82, 2.24) is 9.80 Å². The molecule has 0 aromatic heterocycles. The highest BCUT2D eigenvalue weighted by Crippen LogP contribution is 2.41. The topological polar surface area (TPSA) is 53.1 Å². The second kappa shape index (κ2) is 7.80. The molecule has 2 fully saturated rings. The number of carbonyl (C=O) groups excluding carboxylic acids is 2. The van der Waals surface area contributed by atoms with Crippen LogP contribution in [0.4, 0.5) is 10.5 Å². The zero-order valence-electron chi connectivity index (χ0n) is 20.0. The average Bonchev–Trinajstić information content (AvgIpc) is 3.26. The van der Waals surface area contributed by atoms with Crippen LogP contribution in [0, 0.1) is 6.92 Å². The van der Waals surface area contributed by atoms with Crippen LogP contribution in [0.25, 0.3) is 0 Å². The number of anilines is 1. The Hall–Kier alpha value is -2.08. The lowest BCUT2D eigenvalue weighted by molar-refractivity contribution is -0.118. The van der Waals surface area contributed by atoms with Crippen LogP contribution in [0.15, 0.2) is 12.1 Å². The van der Waals surface area contributed by atoms with Gasteiger partial charge in [-0.1, -0.05) is 26.8 Å². The zero-order valence-corrected chi connectivity index (χ0v) is 20.0. The van der Waals surface area contributed by atoms with Gasteiger partial charge in [-0.3, -0.25) is 9.69 Å². The summed E-state index contributed by atoms with van der Waals surface area (Å²) in [6.45, 7) is 14.4. The van der Waals surface area contributed by atoms with Crippen LogP contribution in [0.1, 0.15) is 63.6 Å². The molecule has 0 bridgehead atoms. The van der Waals surface area contributed by atoms with Crippen molar-refractivity contribution in [3.8, 4) is 0 Å². The molecule has 1 aromatic rings. The Kier molecular flexibility index (Phi) is 5.57. The van der Waals surface area contributed by atoms with E-state index in [1.807, 2.05) is 4.90 Å². The SMILES string of the molecule is COC(=O)N1CCC(C)(N2CCC(N3C(=O)Cc4c3cc(C)cc4C(C)(C)C)CC2)C1. The molecule has 0 spiro atoms. The van der Waals surface area contributed by atoms with E-state index < -0.39 is 0 Å². The van der Waals surface area contributed by atoms with Gasteiger partial charge >= 0.3 is 6.09 Å². The van der Waals surface area contributed by atoms with Crippen molar-refractivity contribution < 1.29 is 14.3 Å². The van der Waals surface area contributed by atoms with E-state index in [9.17, 15) is 9.59 Å². The Labute approximate surface area is 186 Å². The van der Waals surface area contributed by atoms with E-state index in [0.29, 0.717) is 13.0 Å². The molecule has 1 aromatic carbocycles. The van der Waals surface area contributed by atoms with Crippen LogP contribution in [-0.2, 0) is 21.4 Å². The lowest BCUT2D eigenvalue weighted by Gasteiger charge is -2.44. The monoisotopic (exact) mass is 427 g/mol. The number of carbonyl (C=O) groups is 2. The smallest absolute Gasteiger partial charge is 0.409 e. The predicted octanol–water partition coefficient (Wildman–Crippen LogP) is 3.88. The number of nitrogens with zero attached hydrogens (tertiary/aromatic N) is 3. The van der Waals surface area contributed by atoms with Gasteiger partial charge in [-0.05, 0) is 61.3 Å². The number of hydrogen-bond acceptors (Lipinski definition) is 4. The summed E-state index contributed by atoms with van der Waals surface area (Å²) in [7, 11) is 1.45. The van der Waals surface area contributed by atoms with Gasteiger partial charge in [0.25, 0.3) is 0 Å². The number of rotatable bonds is 2. The number of ether oxygens (including phenoxy) is 1. The molecule has 0 saturated carbocycles. The van der Waals surface area contributed by atoms with Gasteiger partial charge in [0.2, 0.25) is 5.91 Å². The van der Waals surface area contributed by atoms with E-state index in [1.54, 1.807) is 0 Å².